The van der Waals surface area contributed by atoms with Crippen molar-refractivity contribution in [3.05, 3.63) is 35.4 Å². The second-order valence-electron chi connectivity index (χ2n) is 10.5. The number of nitrogens with one attached hydrogen (secondary N) is 2. The summed E-state index contributed by atoms with van der Waals surface area (Å²) in [5.41, 5.74) is 1.02. The first-order valence-corrected chi connectivity index (χ1v) is 12.6. The zero-order chi connectivity index (χ0) is 26.2. The van der Waals surface area contributed by atoms with Gasteiger partial charge in [0.2, 0.25) is 5.91 Å². The van der Waals surface area contributed by atoms with Gasteiger partial charge in [-0.15, -0.1) is 0 Å². The highest BCUT2D eigenvalue weighted by atomic mass is 16.6. The minimum atomic E-state index is -1.01. The fraction of sp³-hybridized carbons (Fsp3) is 0.607. The summed E-state index contributed by atoms with van der Waals surface area (Å²) in [5, 5.41) is 5.77. The molecule has 7 heteroatoms. The van der Waals surface area contributed by atoms with Crippen LogP contribution in [0.15, 0.2) is 24.3 Å². The largest absolute Gasteiger partial charge is 0.444 e. The average molecular weight is 484 g/mol. The number of ether oxygens (including phenoxy) is 1. The number of benzene rings is 1. The van der Waals surface area contributed by atoms with Gasteiger partial charge in [-0.25, -0.2) is 4.79 Å². The topological polar surface area (TPSA) is 87.7 Å². The Morgan fingerprint density at radius 3 is 2.20 bits per heavy atom. The summed E-state index contributed by atoms with van der Waals surface area (Å²) in [6.07, 6.45) is 11.1. The molecule has 1 aliphatic carbocycles. The highest BCUT2D eigenvalue weighted by Gasteiger charge is 2.37. The molecule has 2 atom stereocenters. The van der Waals surface area contributed by atoms with Crippen LogP contribution in [0.3, 0.4) is 0 Å². The predicted octanol–water partition coefficient (Wildman–Crippen LogP) is 4.71. The van der Waals surface area contributed by atoms with Gasteiger partial charge in [-0.05, 0) is 57.1 Å². The Balaban J connectivity index is 2.37. The van der Waals surface area contributed by atoms with Crippen LogP contribution in [0.1, 0.15) is 90.8 Å². The smallest absolute Gasteiger partial charge is 0.408 e. The molecule has 192 valence electrons. The van der Waals surface area contributed by atoms with Crippen molar-refractivity contribution >= 4 is 17.9 Å². The quantitative estimate of drug-likeness (QED) is 0.414. The summed E-state index contributed by atoms with van der Waals surface area (Å²) in [6, 6.07) is 8.08. The second-order valence-corrected chi connectivity index (χ2v) is 10.5. The first kappa shape index (κ1) is 28.2. The van der Waals surface area contributed by atoms with Crippen molar-refractivity contribution in [2.75, 3.05) is 0 Å². The molecule has 1 aliphatic rings. The Labute approximate surface area is 210 Å². The van der Waals surface area contributed by atoms with E-state index >= 15 is 0 Å². The monoisotopic (exact) mass is 483 g/mol. The van der Waals surface area contributed by atoms with Crippen molar-refractivity contribution in [1.82, 2.24) is 15.5 Å². The van der Waals surface area contributed by atoms with Gasteiger partial charge in [-0.2, -0.15) is 0 Å². The number of amides is 3. The SMILES string of the molecule is C#CN(C(=O)C(NC(=O)OC(C)(C)C)C(C)C)C(C(=O)NC1CCCCC1)c1ccc(CC)cc1. The lowest BCUT2D eigenvalue weighted by atomic mass is 9.94. The van der Waals surface area contributed by atoms with E-state index in [1.165, 1.54) is 0 Å². The molecule has 35 heavy (non-hydrogen) atoms. The molecule has 2 N–H and O–H groups in total. The van der Waals surface area contributed by atoms with Gasteiger partial charge in [0.15, 0.2) is 0 Å². The third kappa shape index (κ3) is 8.31. The van der Waals surface area contributed by atoms with Crippen LogP contribution in [0, 0.1) is 18.4 Å². The van der Waals surface area contributed by atoms with Gasteiger partial charge in [-0.3, -0.25) is 14.5 Å². The van der Waals surface area contributed by atoms with E-state index in [0.717, 1.165) is 49.0 Å². The standard InChI is InChI=1S/C28H41N3O4/c1-8-20-15-17-21(18-16-20)24(25(32)29-22-13-11-10-12-14-22)31(9-2)26(33)23(19(3)4)30-27(34)35-28(5,6)7/h2,15-19,22-24H,8,10-14H2,1,3-7H3,(H,29,32)(H,30,34). The van der Waals surface area contributed by atoms with Gasteiger partial charge in [0, 0.05) is 12.1 Å². The highest BCUT2D eigenvalue weighted by molar-refractivity contribution is 5.93. The molecule has 2 unspecified atom stereocenters. The second kappa shape index (κ2) is 12.6. The average Bonchev–Trinajstić information content (AvgIpc) is 2.80. The molecule has 1 aromatic carbocycles. The molecule has 7 nitrogen and oxygen atoms in total. The van der Waals surface area contributed by atoms with Crippen molar-refractivity contribution < 1.29 is 19.1 Å². The summed E-state index contributed by atoms with van der Waals surface area (Å²) in [5.74, 6) is -1.13. The van der Waals surface area contributed by atoms with E-state index in [4.69, 9.17) is 11.2 Å². The Kier molecular flexibility index (Phi) is 10.2. The van der Waals surface area contributed by atoms with Crippen molar-refractivity contribution in [2.24, 2.45) is 5.92 Å². The lowest BCUT2D eigenvalue weighted by Gasteiger charge is -2.33. The summed E-state index contributed by atoms with van der Waals surface area (Å²) < 4.78 is 5.35. The number of carbonyl (C=O) groups is 3. The number of rotatable bonds is 8. The van der Waals surface area contributed by atoms with E-state index in [1.807, 2.05) is 38.1 Å². The third-order valence-corrected chi connectivity index (χ3v) is 6.14. The fourth-order valence-corrected chi connectivity index (χ4v) is 4.24. The molecule has 0 heterocycles. The van der Waals surface area contributed by atoms with Crippen LogP contribution in [0.2, 0.25) is 0 Å². The van der Waals surface area contributed by atoms with Crippen LogP contribution in [-0.2, 0) is 20.7 Å². The Hall–Kier alpha value is -3.01. The maximum Gasteiger partial charge on any atom is 0.408 e. The Morgan fingerprint density at radius 1 is 1.11 bits per heavy atom. The van der Waals surface area contributed by atoms with Crippen molar-refractivity contribution in [2.45, 2.75) is 104 Å². The van der Waals surface area contributed by atoms with Crippen LogP contribution in [0.4, 0.5) is 4.79 Å². The van der Waals surface area contributed by atoms with Crippen LogP contribution in [-0.4, -0.2) is 40.5 Å². The first-order chi connectivity index (χ1) is 16.5. The van der Waals surface area contributed by atoms with Crippen LogP contribution >= 0.6 is 0 Å². The molecule has 0 saturated heterocycles. The Morgan fingerprint density at radius 2 is 1.71 bits per heavy atom. The zero-order valence-corrected chi connectivity index (χ0v) is 22.0. The fourth-order valence-electron chi connectivity index (χ4n) is 4.24. The van der Waals surface area contributed by atoms with Gasteiger partial charge in [-0.1, -0.05) is 70.7 Å². The Bertz CT molecular complexity index is 906. The lowest BCUT2D eigenvalue weighted by molar-refractivity contribution is -0.139. The van der Waals surface area contributed by atoms with Crippen LogP contribution in [0.5, 0.6) is 0 Å². The van der Waals surface area contributed by atoms with Gasteiger partial charge in [0.05, 0.1) is 0 Å². The van der Waals surface area contributed by atoms with Gasteiger partial charge < -0.3 is 15.4 Å². The summed E-state index contributed by atoms with van der Waals surface area (Å²) in [6.45, 7) is 10.9. The molecule has 1 fully saturated rings. The number of carbonyl (C=O) groups excluding carboxylic acids is 3. The number of nitrogens with zero attached hydrogens (tertiary/aromatic N) is 1. The van der Waals surface area contributed by atoms with E-state index in [2.05, 4.69) is 23.6 Å². The third-order valence-electron chi connectivity index (χ3n) is 6.14. The maximum atomic E-state index is 13.7. The number of hydrogen-bond donors (Lipinski definition) is 2. The molecular formula is C28H41N3O4. The van der Waals surface area contributed by atoms with Gasteiger partial charge in [0.1, 0.15) is 17.7 Å². The van der Waals surface area contributed by atoms with Gasteiger partial charge >= 0.3 is 6.09 Å². The summed E-state index contributed by atoms with van der Waals surface area (Å²) >= 11 is 0. The van der Waals surface area contributed by atoms with Crippen LogP contribution in [0.25, 0.3) is 0 Å². The zero-order valence-electron chi connectivity index (χ0n) is 22.0. The molecule has 0 aromatic heterocycles. The number of terminal acetylenes is 1. The molecule has 2 rings (SSSR count). The predicted molar refractivity (Wildman–Crippen MR) is 137 cm³/mol. The molecule has 0 radical (unpaired) electrons. The minimum absolute atomic E-state index is 0.0594. The van der Waals surface area contributed by atoms with E-state index in [9.17, 15) is 14.4 Å². The normalized spacial score (nSPS) is 16.1. The maximum absolute atomic E-state index is 13.7. The number of alkyl carbamates (subject to hydrolysis) is 1. The summed E-state index contributed by atoms with van der Waals surface area (Å²) in [7, 11) is 0. The van der Waals surface area contributed by atoms with Crippen molar-refractivity contribution in [3.63, 3.8) is 0 Å². The molecule has 0 spiro atoms. The number of hydrogen-bond acceptors (Lipinski definition) is 4. The summed E-state index contributed by atoms with van der Waals surface area (Å²) in [4.78, 5) is 40.8. The molecule has 3 amide bonds. The molecular weight excluding hydrogens is 442 g/mol. The van der Waals surface area contributed by atoms with Gasteiger partial charge in [0.25, 0.3) is 5.91 Å². The lowest BCUT2D eigenvalue weighted by Crippen LogP contribution is -2.54. The molecule has 1 aromatic rings. The highest BCUT2D eigenvalue weighted by Crippen LogP contribution is 2.26. The van der Waals surface area contributed by atoms with Crippen LogP contribution < -0.4 is 10.6 Å². The van der Waals surface area contributed by atoms with Crippen molar-refractivity contribution in [1.29, 1.82) is 0 Å². The van der Waals surface area contributed by atoms with E-state index in [0.29, 0.717) is 5.56 Å². The first-order valence-electron chi connectivity index (χ1n) is 12.6. The van der Waals surface area contributed by atoms with Crippen molar-refractivity contribution in [3.8, 4) is 12.5 Å². The minimum Gasteiger partial charge on any atom is -0.444 e. The van der Waals surface area contributed by atoms with E-state index in [1.54, 1.807) is 20.8 Å². The van der Waals surface area contributed by atoms with E-state index in [-0.39, 0.29) is 17.9 Å². The van der Waals surface area contributed by atoms with E-state index < -0.39 is 29.7 Å². The molecule has 0 aliphatic heterocycles. The number of aryl methyl sites for hydroxylation is 1. The molecule has 0 bridgehead atoms. The molecule has 1 saturated carbocycles.